The molecule has 0 spiro atoms. The second-order valence-corrected chi connectivity index (χ2v) is 6.74. The molecule has 0 radical (unpaired) electrons. The topological polar surface area (TPSA) is 103 Å². The highest BCUT2D eigenvalue weighted by Crippen LogP contribution is 2.28. The molecule has 2 aromatic carbocycles. The van der Waals surface area contributed by atoms with Gasteiger partial charge in [0.2, 0.25) is 0 Å². The molecule has 136 valence electrons. The molecule has 0 saturated carbocycles. The highest BCUT2D eigenvalue weighted by atomic mass is 16.2. The molecule has 1 atom stereocenters. The van der Waals surface area contributed by atoms with E-state index in [1.54, 1.807) is 31.2 Å². The van der Waals surface area contributed by atoms with Crippen LogP contribution in [0.2, 0.25) is 0 Å². The first kappa shape index (κ1) is 16.8. The number of hydrogen-bond acceptors (Lipinski definition) is 3. The summed E-state index contributed by atoms with van der Waals surface area (Å²) in [6.45, 7) is 3.47. The Labute approximate surface area is 155 Å². The molecular weight excluding hydrogens is 344 g/mol. The van der Waals surface area contributed by atoms with Gasteiger partial charge in [0.15, 0.2) is 0 Å². The maximum Gasteiger partial charge on any atom is 0.322 e. The van der Waals surface area contributed by atoms with E-state index in [0.717, 1.165) is 16.6 Å². The van der Waals surface area contributed by atoms with Crippen molar-refractivity contribution in [1.29, 1.82) is 0 Å². The quantitative estimate of drug-likeness (QED) is 0.539. The number of nitrogens with one attached hydrogen (secondary N) is 4. The summed E-state index contributed by atoms with van der Waals surface area (Å²) in [6.07, 6.45) is 0. The Kier molecular flexibility index (Phi) is 3.73. The van der Waals surface area contributed by atoms with Gasteiger partial charge in [0, 0.05) is 22.3 Å². The van der Waals surface area contributed by atoms with Crippen LogP contribution < -0.4 is 16.0 Å². The number of benzene rings is 2. The van der Waals surface area contributed by atoms with Crippen LogP contribution in [0.4, 0.5) is 10.5 Å². The number of imide groups is 1. The average Bonchev–Trinajstić information content (AvgIpc) is 3.10. The summed E-state index contributed by atoms with van der Waals surface area (Å²) in [6, 6.07) is 14.0. The number of hydrogen-bond donors (Lipinski definition) is 4. The van der Waals surface area contributed by atoms with E-state index in [4.69, 9.17) is 0 Å². The van der Waals surface area contributed by atoms with Crippen LogP contribution in [0.15, 0.2) is 48.5 Å². The lowest BCUT2D eigenvalue weighted by Gasteiger charge is -2.21. The van der Waals surface area contributed by atoms with E-state index in [1.807, 2.05) is 31.2 Å². The third-order valence-corrected chi connectivity index (χ3v) is 4.86. The molecule has 0 bridgehead atoms. The van der Waals surface area contributed by atoms with Crippen LogP contribution in [0.1, 0.15) is 28.5 Å². The number of anilines is 1. The Balaban J connectivity index is 1.65. The molecular formula is C20H18N4O3. The predicted molar refractivity (Wildman–Crippen MR) is 101 cm³/mol. The van der Waals surface area contributed by atoms with Crippen molar-refractivity contribution >= 4 is 34.4 Å². The molecule has 1 saturated heterocycles. The predicted octanol–water partition coefficient (Wildman–Crippen LogP) is 2.78. The second-order valence-electron chi connectivity index (χ2n) is 6.74. The van der Waals surface area contributed by atoms with Gasteiger partial charge in [-0.3, -0.25) is 14.9 Å². The highest BCUT2D eigenvalue weighted by Gasteiger charge is 2.43. The smallest absolute Gasteiger partial charge is 0.322 e. The minimum absolute atomic E-state index is 0.243. The van der Waals surface area contributed by atoms with Gasteiger partial charge >= 0.3 is 6.03 Å². The van der Waals surface area contributed by atoms with Crippen molar-refractivity contribution in [3.63, 3.8) is 0 Å². The lowest BCUT2D eigenvalue weighted by molar-refractivity contribution is -0.123. The zero-order valence-corrected chi connectivity index (χ0v) is 14.8. The number of amides is 4. The number of carbonyl (C=O) groups is 3. The fourth-order valence-corrected chi connectivity index (χ4v) is 3.42. The van der Waals surface area contributed by atoms with Crippen molar-refractivity contribution in [1.82, 2.24) is 15.6 Å². The van der Waals surface area contributed by atoms with E-state index in [1.165, 1.54) is 0 Å². The van der Waals surface area contributed by atoms with Gasteiger partial charge in [-0.2, -0.15) is 0 Å². The molecule has 0 aliphatic carbocycles. The summed E-state index contributed by atoms with van der Waals surface area (Å²) >= 11 is 0. The van der Waals surface area contributed by atoms with Gasteiger partial charge in [0.1, 0.15) is 5.54 Å². The van der Waals surface area contributed by atoms with Crippen molar-refractivity contribution in [3.8, 4) is 0 Å². The monoisotopic (exact) mass is 362 g/mol. The van der Waals surface area contributed by atoms with Crippen molar-refractivity contribution in [2.75, 3.05) is 5.32 Å². The summed E-state index contributed by atoms with van der Waals surface area (Å²) < 4.78 is 0. The number of aromatic amines is 1. The molecule has 4 rings (SSSR count). The highest BCUT2D eigenvalue weighted by molar-refractivity contribution is 6.14. The Bertz CT molecular complexity index is 1100. The number of carbonyl (C=O) groups excluding carboxylic acids is 3. The molecule has 7 nitrogen and oxygen atoms in total. The molecule has 4 amide bonds. The Hall–Kier alpha value is -3.61. The van der Waals surface area contributed by atoms with E-state index in [-0.39, 0.29) is 5.91 Å². The molecule has 1 aromatic heterocycles. The van der Waals surface area contributed by atoms with E-state index < -0.39 is 17.5 Å². The number of aromatic nitrogens is 1. The Morgan fingerprint density at radius 3 is 2.59 bits per heavy atom. The Morgan fingerprint density at radius 1 is 1.07 bits per heavy atom. The maximum atomic E-state index is 12.9. The first-order valence-electron chi connectivity index (χ1n) is 8.51. The standard InChI is InChI=1S/C20H18N4O3/c1-11-16(14-8-3-4-9-15(14)21-11)17(25)22-13-7-5-6-12(10-13)20(2)18(26)23-19(27)24-20/h3-10,21H,1-2H3,(H,22,25)(H2,23,24,26,27). The lowest BCUT2D eigenvalue weighted by Crippen LogP contribution is -2.40. The van der Waals surface area contributed by atoms with Crippen LogP contribution in [0, 0.1) is 6.92 Å². The van der Waals surface area contributed by atoms with Gasteiger partial charge < -0.3 is 15.6 Å². The molecule has 2 heterocycles. The average molecular weight is 362 g/mol. The van der Waals surface area contributed by atoms with Gasteiger partial charge in [-0.05, 0) is 37.6 Å². The molecule has 27 heavy (non-hydrogen) atoms. The number of para-hydroxylation sites is 1. The zero-order chi connectivity index (χ0) is 19.2. The van der Waals surface area contributed by atoms with Crippen LogP contribution in [0.3, 0.4) is 0 Å². The van der Waals surface area contributed by atoms with Gasteiger partial charge in [0.05, 0.1) is 5.56 Å². The van der Waals surface area contributed by atoms with Crippen molar-refractivity contribution < 1.29 is 14.4 Å². The molecule has 1 aliphatic rings. The van der Waals surface area contributed by atoms with Crippen molar-refractivity contribution in [3.05, 3.63) is 65.4 Å². The number of aryl methyl sites for hydroxylation is 1. The van der Waals surface area contributed by atoms with E-state index in [9.17, 15) is 14.4 Å². The second kappa shape index (κ2) is 5.98. The Morgan fingerprint density at radius 2 is 1.85 bits per heavy atom. The molecule has 1 aliphatic heterocycles. The molecule has 1 fully saturated rings. The van der Waals surface area contributed by atoms with E-state index in [0.29, 0.717) is 16.8 Å². The maximum absolute atomic E-state index is 12.9. The summed E-state index contributed by atoms with van der Waals surface area (Å²) in [4.78, 5) is 39.7. The fraction of sp³-hybridized carbons (Fsp3) is 0.150. The third kappa shape index (κ3) is 2.73. The zero-order valence-electron chi connectivity index (χ0n) is 14.8. The number of fused-ring (bicyclic) bond motifs is 1. The third-order valence-electron chi connectivity index (χ3n) is 4.86. The van der Waals surface area contributed by atoms with E-state index in [2.05, 4.69) is 20.9 Å². The number of rotatable bonds is 3. The van der Waals surface area contributed by atoms with Crippen LogP contribution in [0.25, 0.3) is 10.9 Å². The lowest BCUT2D eigenvalue weighted by atomic mass is 9.92. The largest absolute Gasteiger partial charge is 0.358 e. The number of H-pyrrole nitrogens is 1. The molecule has 4 N–H and O–H groups in total. The van der Waals surface area contributed by atoms with Gasteiger partial charge in [-0.15, -0.1) is 0 Å². The summed E-state index contributed by atoms with van der Waals surface area (Å²) in [5, 5.41) is 8.58. The van der Waals surface area contributed by atoms with Crippen LogP contribution in [-0.2, 0) is 10.3 Å². The molecule has 1 unspecified atom stereocenters. The van der Waals surface area contributed by atoms with Crippen molar-refractivity contribution in [2.45, 2.75) is 19.4 Å². The minimum atomic E-state index is -1.17. The molecule has 3 aromatic rings. The first-order chi connectivity index (χ1) is 12.9. The SMILES string of the molecule is Cc1[nH]c2ccccc2c1C(=O)Nc1cccc(C2(C)NC(=O)NC2=O)c1. The van der Waals surface area contributed by atoms with E-state index >= 15 is 0 Å². The van der Waals surface area contributed by atoms with Gasteiger partial charge in [-0.1, -0.05) is 30.3 Å². The van der Waals surface area contributed by atoms with Gasteiger partial charge in [0.25, 0.3) is 11.8 Å². The fourth-order valence-electron chi connectivity index (χ4n) is 3.42. The first-order valence-corrected chi connectivity index (χ1v) is 8.51. The summed E-state index contributed by atoms with van der Waals surface area (Å²) in [5.41, 5.74) is 2.20. The number of urea groups is 1. The molecule has 7 heteroatoms. The van der Waals surface area contributed by atoms with Crippen LogP contribution in [-0.4, -0.2) is 22.8 Å². The van der Waals surface area contributed by atoms with Crippen LogP contribution >= 0.6 is 0 Å². The minimum Gasteiger partial charge on any atom is -0.358 e. The van der Waals surface area contributed by atoms with Crippen molar-refractivity contribution in [2.24, 2.45) is 0 Å². The van der Waals surface area contributed by atoms with Gasteiger partial charge in [-0.25, -0.2) is 4.79 Å². The summed E-state index contributed by atoms with van der Waals surface area (Å²) in [5.74, 6) is -0.671. The van der Waals surface area contributed by atoms with Crippen LogP contribution in [0.5, 0.6) is 0 Å². The summed E-state index contributed by atoms with van der Waals surface area (Å²) in [7, 11) is 0. The normalized spacial score (nSPS) is 19.0.